The molecule has 114 valence electrons. The highest BCUT2D eigenvalue weighted by Crippen LogP contribution is 2.24. The van der Waals surface area contributed by atoms with Gasteiger partial charge in [0, 0.05) is 19.1 Å². The molecule has 0 radical (unpaired) electrons. The largest absolute Gasteiger partial charge is 0.335 e. The number of nitrogens with zero attached hydrogens (tertiary/aromatic N) is 2. The summed E-state index contributed by atoms with van der Waals surface area (Å²) in [6.07, 6.45) is 5.71. The van der Waals surface area contributed by atoms with E-state index in [1.54, 1.807) is 4.31 Å². The molecular formula is C13H24N4O2S. The lowest BCUT2D eigenvalue weighted by atomic mass is 9.91. The molecule has 1 unspecified atom stereocenters. The third-order valence-electron chi connectivity index (χ3n) is 4.01. The maximum absolute atomic E-state index is 12.3. The maximum atomic E-state index is 12.3. The van der Waals surface area contributed by atoms with Gasteiger partial charge in [-0.05, 0) is 38.6 Å². The minimum atomic E-state index is -3.39. The summed E-state index contributed by atoms with van der Waals surface area (Å²) in [5, 5.41) is 3.69. The topological polar surface area (TPSA) is 78.1 Å². The highest BCUT2D eigenvalue weighted by molar-refractivity contribution is 7.89. The zero-order valence-corrected chi connectivity index (χ0v) is 13.0. The van der Waals surface area contributed by atoms with Crippen LogP contribution in [-0.4, -0.2) is 48.4 Å². The van der Waals surface area contributed by atoms with Gasteiger partial charge in [0.25, 0.3) is 10.0 Å². The summed E-state index contributed by atoms with van der Waals surface area (Å²) in [6, 6.07) is 0.451. The van der Waals surface area contributed by atoms with Gasteiger partial charge in [0.15, 0.2) is 5.03 Å². The highest BCUT2D eigenvalue weighted by atomic mass is 32.2. The zero-order valence-electron chi connectivity index (χ0n) is 12.2. The summed E-state index contributed by atoms with van der Waals surface area (Å²) in [5.41, 5.74) is 0. The first-order chi connectivity index (χ1) is 9.55. The second-order valence-electron chi connectivity index (χ2n) is 5.40. The van der Waals surface area contributed by atoms with Gasteiger partial charge < -0.3 is 10.3 Å². The normalized spacial score (nSPS) is 20.1. The van der Waals surface area contributed by atoms with E-state index in [2.05, 4.69) is 29.1 Å². The molecule has 0 saturated carbocycles. The van der Waals surface area contributed by atoms with Crippen LogP contribution in [0, 0.1) is 5.92 Å². The third-order valence-corrected chi connectivity index (χ3v) is 5.84. The number of piperidine rings is 1. The molecule has 20 heavy (non-hydrogen) atoms. The Balaban J connectivity index is 1.91. The molecule has 0 spiro atoms. The SMILES string of the molecule is CCCNC(C)C1CCN(S(=O)(=O)c2cnc[nH]2)CC1. The molecule has 2 heterocycles. The van der Waals surface area contributed by atoms with Crippen molar-refractivity contribution in [1.82, 2.24) is 19.6 Å². The Kier molecular flexibility index (Phi) is 5.17. The van der Waals surface area contributed by atoms with Gasteiger partial charge in [-0.2, -0.15) is 4.31 Å². The van der Waals surface area contributed by atoms with Crippen LogP contribution < -0.4 is 5.32 Å². The molecule has 2 rings (SSSR count). The molecule has 1 aliphatic rings. The standard InChI is InChI=1S/C13H24N4O2S/c1-3-6-15-11(2)12-4-7-17(8-5-12)20(18,19)13-9-14-10-16-13/h9-12,15H,3-8H2,1-2H3,(H,14,16). The number of imidazole rings is 1. The van der Waals surface area contributed by atoms with Crippen LogP contribution in [-0.2, 0) is 10.0 Å². The van der Waals surface area contributed by atoms with Crippen LogP contribution in [0.25, 0.3) is 0 Å². The molecule has 0 aliphatic carbocycles. The monoisotopic (exact) mass is 300 g/mol. The fourth-order valence-corrected chi connectivity index (χ4v) is 4.04. The average Bonchev–Trinajstić information content (AvgIpc) is 3.00. The number of aromatic amines is 1. The molecule has 7 heteroatoms. The van der Waals surface area contributed by atoms with E-state index in [-0.39, 0.29) is 5.03 Å². The average molecular weight is 300 g/mol. The quantitative estimate of drug-likeness (QED) is 0.827. The fraction of sp³-hybridized carbons (Fsp3) is 0.769. The Morgan fingerprint density at radius 3 is 2.75 bits per heavy atom. The Labute approximate surface area is 121 Å². The number of nitrogens with one attached hydrogen (secondary N) is 2. The molecule has 1 saturated heterocycles. The first-order valence-corrected chi connectivity index (χ1v) is 8.71. The molecule has 1 fully saturated rings. The summed E-state index contributed by atoms with van der Waals surface area (Å²) in [7, 11) is -3.39. The first-order valence-electron chi connectivity index (χ1n) is 7.27. The van der Waals surface area contributed by atoms with Crippen LogP contribution in [0.4, 0.5) is 0 Å². The van der Waals surface area contributed by atoms with Crippen molar-refractivity contribution < 1.29 is 8.42 Å². The lowest BCUT2D eigenvalue weighted by molar-refractivity contribution is 0.231. The molecule has 1 aromatic heterocycles. The van der Waals surface area contributed by atoms with Gasteiger partial charge in [-0.15, -0.1) is 0 Å². The molecule has 0 amide bonds. The fourth-order valence-electron chi connectivity index (χ4n) is 2.68. The van der Waals surface area contributed by atoms with E-state index < -0.39 is 10.0 Å². The Bertz CT molecular complexity index is 492. The van der Waals surface area contributed by atoms with Crippen LogP contribution in [0.2, 0.25) is 0 Å². The molecule has 1 aliphatic heterocycles. The highest BCUT2D eigenvalue weighted by Gasteiger charge is 2.31. The van der Waals surface area contributed by atoms with Crippen molar-refractivity contribution in [1.29, 1.82) is 0 Å². The third kappa shape index (κ3) is 3.39. The zero-order chi connectivity index (χ0) is 14.6. The van der Waals surface area contributed by atoms with Crippen molar-refractivity contribution in [2.24, 2.45) is 5.92 Å². The second-order valence-corrected chi connectivity index (χ2v) is 7.31. The number of H-pyrrole nitrogens is 1. The number of hydrogen-bond acceptors (Lipinski definition) is 4. The summed E-state index contributed by atoms with van der Waals surface area (Å²) in [4.78, 5) is 6.47. The molecular weight excluding hydrogens is 276 g/mol. The summed E-state index contributed by atoms with van der Waals surface area (Å²) in [5.74, 6) is 0.551. The maximum Gasteiger partial charge on any atom is 0.260 e. The Morgan fingerprint density at radius 2 is 2.20 bits per heavy atom. The van der Waals surface area contributed by atoms with Crippen molar-refractivity contribution in [3.05, 3.63) is 12.5 Å². The predicted molar refractivity (Wildman–Crippen MR) is 77.8 cm³/mol. The van der Waals surface area contributed by atoms with E-state index in [4.69, 9.17) is 0 Å². The first kappa shape index (κ1) is 15.5. The van der Waals surface area contributed by atoms with Crippen LogP contribution >= 0.6 is 0 Å². The number of rotatable bonds is 6. The van der Waals surface area contributed by atoms with Gasteiger partial charge in [0.1, 0.15) is 0 Å². The van der Waals surface area contributed by atoms with Crippen molar-refractivity contribution in [3.8, 4) is 0 Å². The van der Waals surface area contributed by atoms with E-state index in [1.807, 2.05) is 0 Å². The molecule has 1 atom stereocenters. The van der Waals surface area contributed by atoms with Gasteiger partial charge in [-0.25, -0.2) is 13.4 Å². The molecule has 1 aromatic rings. The summed E-state index contributed by atoms with van der Waals surface area (Å²) in [6.45, 7) is 6.54. The lowest BCUT2D eigenvalue weighted by Crippen LogP contribution is -2.44. The molecule has 6 nitrogen and oxygen atoms in total. The van der Waals surface area contributed by atoms with Gasteiger partial charge in [-0.1, -0.05) is 6.92 Å². The van der Waals surface area contributed by atoms with Gasteiger partial charge in [-0.3, -0.25) is 0 Å². The van der Waals surface area contributed by atoms with Crippen molar-refractivity contribution in [2.45, 2.75) is 44.2 Å². The number of aromatic nitrogens is 2. The van der Waals surface area contributed by atoms with Crippen LogP contribution in [0.15, 0.2) is 17.6 Å². The van der Waals surface area contributed by atoms with Crippen LogP contribution in [0.1, 0.15) is 33.1 Å². The minimum absolute atomic E-state index is 0.188. The van der Waals surface area contributed by atoms with E-state index in [9.17, 15) is 8.42 Å². The number of sulfonamides is 1. The van der Waals surface area contributed by atoms with Crippen LogP contribution in [0.5, 0.6) is 0 Å². The second kappa shape index (κ2) is 6.69. The predicted octanol–water partition coefficient (Wildman–Crippen LogP) is 1.20. The summed E-state index contributed by atoms with van der Waals surface area (Å²) < 4.78 is 26.2. The van der Waals surface area contributed by atoms with E-state index >= 15 is 0 Å². The van der Waals surface area contributed by atoms with E-state index in [0.29, 0.717) is 25.0 Å². The smallest absolute Gasteiger partial charge is 0.260 e. The minimum Gasteiger partial charge on any atom is -0.335 e. The molecule has 2 N–H and O–H groups in total. The Hall–Kier alpha value is -0.920. The van der Waals surface area contributed by atoms with Crippen molar-refractivity contribution >= 4 is 10.0 Å². The van der Waals surface area contributed by atoms with Gasteiger partial charge in [0.2, 0.25) is 0 Å². The van der Waals surface area contributed by atoms with Crippen molar-refractivity contribution in [3.63, 3.8) is 0 Å². The lowest BCUT2D eigenvalue weighted by Gasteiger charge is -2.34. The summed E-state index contributed by atoms with van der Waals surface area (Å²) >= 11 is 0. The van der Waals surface area contributed by atoms with Crippen LogP contribution in [0.3, 0.4) is 0 Å². The Morgan fingerprint density at radius 1 is 1.50 bits per heavy atom. The van der Waals surface area contributed by atoms with Crippen molar-refractivity contribution in [2.75, 3.05) is 19.6 Å². The van der Waals surface area contributed by atoms with E-state index in [0.717, 1.165) is 25.8 Å². The molecule has 0 bridgehead atoms. The van der Waals surface area contributed by atoms with Gasteiger partial charge in [0.05, 0.1) is 12.5 Å². The van der Waals surface area contributed by atoms with E-state index in [1.165, 1.54) is 12.5 Å². The number of hydrogen-bond donors (Lipinski definition) is 2. The molecule has 0 aromatic carbocycles. The van der Waals surface area contributed by atoms with Gasteiger partial charge >= 0.3 is 0 Å².